The topological polar surface area (TPSA) is 83.5 Å². The van der Waals surface area contributed by atoms with Crippen molar-refractivity contribution >= 4 is 5.97 Å². The summed E-state index contributed by atoms with van der Waals surface area (Å²) in [5, 5.41) is 10.9. The predicted octanol–water partition coefficient (Wildman–Crippen LogP) is 4.02. The number of hydrogen-bond donors (Lipinski definition) is 1. The van der Waals surface area contributed by atoms with Gasteiger partial charge in [0.2, 0.25) is 0 Å². The lowest BCUT2D eigenvalue weighted by atomic mass is 9.98. The number of hydrogen-bond acceptors (Lipinski definition) is 7. The van der Waals surface area contributed by atoms with Crippen LogP contribution in [0.1, 0.15) is 23.6 Å². The molecule has 0 unspecified atom stereocenters. The first-order chi connectivity index (χ1) is 17.6. The number of esters is 1. The van der Waals surface area contributed by atoms with E-state index in [1.54, 1.807) is 0 Å². The third kappa shape index (κ3) is 7.46. The second-order valence-corrected chi connectivity index (χ2v) is 8.66. The number of carbonyl (C=O) groups excluding carboxylic acids is 1. The van der Waals surface area contributed by atoms with Crippen molar-refractivity contribution in [3.05, 3.63) is 108 Å². The highest BCUT2D eigenvalue weighted by Gasteiger charge is 2.49. The van der Waals surface area contributed by atoms with E-state index < -0.39 is 36.7 Å². The Kier molecular flexibility index (Phi) is 9.61. The van der Waals surface area contributed by atoms with Gasteiger partial charge in [0, 0.05) is 6.92 Å². The van der Waals surface area contributed by atoms with E-state index in [0.717, 1.165) is 16.7 Å². The number of aliphatic hydroxyl groups is 1. The van der Waals surface area contributed by atoms with Crippen LogP contribution in [0.3, 0.4) is 0 Å². The molecule has 4 rings (SSSR count). The van der Waals surface area contributed by atoms with E-state index in [-0.39, 0.29) is 19.8 Å². The molecule has 0 aromatic heterocycles. The van der Waals surface area contributed by atoms with Gasteiger partial charge in [-0.2, -0.15) is 0 Å². The van der Waals surface area contributed by atoms with Crippen LogP contribution in [0, 0.1) is 0 Å². The fourth-order valence-corrected chi connectivity index (χ4v) is 4.13. The van der Waals surface area contributed by atoms with Crippen LogP contribution in [0.4, 0.5) is 0 Å². The summed E-state index contributed by atoms with van der Waals surface area (Å²) in [7, 11) is 0. The van der Waals surface area contributed by atoms with Crippen molar-refractivity contribution in [3.63, 3.8) is 0 Å². The average Bonchev–Trinajstić information content (AvgIpc) is 2.90. The summed E-state index contributed by atoms with van der Waals surface area (Å²) in [6, 6.07) is 29.0. The van der Waals surface area contributed by atoms with E-state index in [1.165, 1.54) is 6.92 Å². The molecule has 1 fully saturated rings. The van der Waals surface area contributed by atoms with Crippen molar-refractivity contribution in [2.75, 3.05) is 6.61 Å². The fraction of sp³-hybridized carbons (Fsp3) is 0.345. The normalized spacial score (nSPS) is 23.8. The van der Waals surface area contributed by atoms with Crippen LogP contribution in [-0.4, -0.2) is 48.4 Å². The Morgan fingerprint density at radius 2 is 1.19 bits per heavy atom. The van der Waals surface area contributed by atoms with Gasteiger partial charge in [-0.15, -0.1) is 0 Å². The summed E-state index contributed by atoms with van der Waals surface area (Å²) in [5.74, 6) is -0.483. The lowest BCUT2D eigenvalue weighted by Crippen LogP contribution is -2.61. The molecule has 1 heterocycles. The first-order valence-corrected chi connectivity index (χ1v) is 12.0. The minimum absolute atomic E-state index is 0.0977. The van der Waals surface area contributed by atoms with Gasteiger partial charge in [-0.3, -0.25) is 4.79 Å². The van der Waals surface area contributed by atoms with Crippen LogP contribution in [0.5, 0.6) is 0 Å². The minimum atomic E-state index is -1.30. The van der Waals surface area contributed by atoms with Gasteiger partial charge < -0.3 is 28.8 Å². The molecule has 3 aromatic rings. The molecular weight excluding hydrogens is 460 g/mol. The SMILES string of the molecule is CC(=O)O[C@@H]1[C@H](OCc2ccccc2)[C@@H](OCc2ccccc2)[C@@H](O)O[C@@H]1COCc1ccccc1. The molecular formula is C29H32O7. The molecule has 1 saturated heterocycles. The molecule has 36 heavy (non-hydrogen) atoms. The molecule has 0 radical (unpaired) electrons. The van der Waals surface area contributed by atoms with Gasteiger partial charge in [-0.05, 0) is 16.7 Å². The summed E-state index contributed by atoms with van der Waals surface area (Å²) < 4.78 is 29.8. The van der Waals surface area contributed by atoms with Gasteiger partial charge >= 0.3 is 5.97 Å². The van der Waals surface area contributed by atoms with Crippen molar-refractivity contribution in [2.24, 2.45) is 0 Å². The van der Waals surface area contributed by atoms with Gasteiger partial charge in [0.25, 0.3) is 0 Å². The van der Waals surface area contributed by atoms with E-state index in [4.69, 9.17) is 23.7 Å². The Bertz CT molecular complexity index is 1040. The molecule has 3 aromatic carbocycles. The zero-order valence-electron chi connectivity index (χ0n) is 20.3. The van der Waals surface area contributed by atoms with Crippen LogP contribution >= 0.6 is 0 Å². The Labute approximate surface area is 211 Å². The molecule has 0 spiro atoms. The summed E-state index contributed by atoms with van der Waals surface area (Å²) in [4.78, 5) is 12.1. The first kappa shape index (κ1) is 26.0. The van der Waals surface area contributed by atoms with E-state index >= 15 is 0 Å². The minimum Gasteiger partial charge on any atom is -0.457 e. The number of rotatable bonds is 11. The molecule has 190 valence electrons. The lowest BCUT2D eigenvalue weighted by Gasteiger charge is -2.43. The van der Waals surface area contributed by atoms with E-state index in [0.29, 0.717) is 6.61 Å². The highest BCUT2D eigenvalue weighted by Crippen LogP contribution is 2.29. The first-order valence-electron chi connectivity index (χ1n) is 12.0. The van der Waals surface area contributed by atoms with Crippen molar-refractivity contribution in [1.29, 1.82) is 0 Å². The van der Waals surface area contributed by atoms with Gasteiger partial charge in [0.05, 0.1) is 26.4 Å². The Morgan fingerprint density at radius 3 is 1.69 bits per heavy atom. The highest BCUT2D eigenvalue weighted by atomic mass is 16.7. The Hall–Kier alpha value is -3.07. The van der Waals surface area contributed by atoms with Crippen LogP contribution in [0.15, 0.2) is 91.0 Å². The quantitative estimate of drug-likeness (QED) is 0.405. The van der Waals surface area contributed by atoms with Crippen LogP contribution < -0.4 is 0 Å². The third-order valence-corrected chi connectivity index (χ3v) is 5.88. The Morgan fingerprint density at radius 1 is 0.722 bits per heavy atom. The summed E-state index contributed by atoms with van der Waals surface area (Å²) >= 11 is 0. The second-order valence-electron chi connectivity index (χ2n) is 8.66. The zero-order valence-corrected chi connectivity index (χ0v) is 20.3. The monoisotopic (exact) mass is 492 g/mol. The van der Waals surface area contributed by atoms with Crippen molar-refractivity contribution < 1.29 is 33.6 Å². The average molecular weight is 493 g/mol. The molecule has 1 aliphatic rings. The number of benzene rings is 3. The molecule has 7 nitrogen and oxygen atoms in total. The summed E-state index contributed by atoms with van der Waals surface area (Å²) in [6.07, 6.45) is -4.56. The molecule has 1 N–H and O–H groups in total. The molecule has 7 heteroatoms. The van der Waals surface area contributed by atoms with E-state index in [9.17, 15) is 9.90 Å². The molecule has 5 atom stereocenters. The zero-order chi connectivity index (χ0) is 25.2. The third-order valence-electron chi connectivity index (χ3n) is 5.88. The largest absolute Gasteiger partial charge is 0.457 e. The maximum Gasteiger partial charge on any atom is 0.303 e. The second kappa shape index (κ2) is 13.3. The molecule has 0 amide bonds. The van der Waals surface area contributed by atoms with Crippen molar-refractivity contribution in [1.82, 2.24) is 0 Å². The van der Waals surface area contributed by atoms with Gasteiger partial charge in [0.15, 0.2) is 12.4 Å². The van der Waals surface area contributed by atoms with Crippen molar-refractivity contribution in [2.45, 2.75) is 57.5 Å². The van der Waals surface area contributed by atoms with E-state index in [2.05, 4.69) is 0 Å². The number of aliphatic hydroxyl groups excluding tert-OH is 1. The molecule has 0 aliphatic carbocycles. The van der Waals surface area contributed by atoms with Gasteiger partial charge in [-0.1, -0.05) is 91.0 Å². The van der Waals surface area contributed by atoms with Crippen LogP contribution in [0.25, 0.3) is 0 Å². The molecule has 0 bridgehead atoms. The Balaban J connectivity index is 1.51. The van der Waals surface area contributed by atoms with Crippen molar-refractivity contribution in [3.8, 4) is 0 Å². The standard InChI is InChI=1S/C29H32O7/c1-21(30)35-26-25(20-32-17-22-11-5-2-6-12-22)36-29(31)28(34-19-24-15-9-4-10-16-24)27(26)33-18-23-13-7-3-8-14-23/h2-16,25-29,31H,17-20H2,1H3/t25-,26+,27+,28-,29+/m1/s1. The van der Waals surface area contributed by atoms with Gasteiger partial charge in [-0.25, -0.2) is 0 Å². The van der Waals surface area contributed by atoms with Gasteiger partial charge in [0.1, 0.15) is 18.3 Å². The summed E-state index contributed by atoms with van der Waals surface area (Å²) in [5.41, 5.74) is 2.88. The highest BCUT2D eigenvalue weighted by molar-refractivity contribution is 5.66. The molecule has 0 saturated carbocycles. The summed E-state index contributed by atoms with van der Waals surface area (Å²) in [6.45, 7) is 2.27. The fourth-order valence-electron chi connectivity index (χ4n) is 4.13. The molecule has 1 aliphatic heterocycles. The van der Waals surface area contributed by atoms with Crippen LogP contribution in [-0.2, 0) is 48.3 Å². The smallest absolute Gasteiger partial charge is 0.303 e. The van der Waals surface area contributed by atoms with E-state index in [1.807, 2.05) is 91.0 Å². The maximum atomic E-state index is 12.1. The van der Waals surface area contributed by atoms with Crippen LogP contribution in [0.2, 0.25) is 0 Å². The number of ether oxygens (including phenoxy) is 5. The lowest BCUT2D eigenvalue weighted by molar-refractivity contribution is -0.311. The predicted molar refractivity (Wildman–Crippen MR) is 133 cm³/mol. The maximum absolute atomic E-state index is 12.1. The number of carbonyl (C=O) groups is 1.